The number of amides is 1. The largest absolute Gasteiger partial charge is 0.497 e. The second-order valence-electron chi connectivity index (χ2n) is 3.74. The summed E-state index contributed by atoms with van der Waals surface area (Å²) >= 11 is 2.37. The molecule has 17 heavy (non-hydrogen) atoms. The van der Waals surface area contributed by atoms with E-state index in [1.807, 2.05) is 12.1 Å². The van der Waals surface area contributed by atoms with E-state index < -0.39 is 0 Å². The highest BCUT2D eigenvalue weighted by molar-refractivity contribution is 14.1. The zero-order valence-electron chi connectivity index (χ0n) is 10.0. The summed E-state index contributed by atoms with van der Waals surface area (Å²) in [4.78, 5) is 11.8. The SMILES string of the molecule is COc1cccc(C(=O)NCCCCCI)c1. The van der Waals surface area contributed by atoms with Crippen molar-refractivity contribution < 1.29 is 9.53 Å². The number of hydrogen-bond donors (Lipinski definition) is 1. The fourth-order valence-electron chi connectivity index (χ4n) is 1.46. The monoisotopic (exact) mass is 347 g/mol. The minimum absolute atomic E-state index is 0.0293. The van der Waals surface area contributed by atoms with Crippen molar-refractivity contribution in [3.05, 3.63) is 29.8 Å². The molecule has 1 amide bonds. The molecule has 0 atom stereocenters. The van der Waals surface area contributed by atoms with Crippen LogP contribution in [0.5, 0.6) is 5.75 Å². The Morgan fingerprint density at radius 1 is 1.35 bits per heavy atom. The molecule has 1 rings (SSSR count). The maximum Gasteiger partial charge on any atom is 0.251 e. The van der Waals surface area contributed by atoms with Crippen molar-refractivity contribution in [1.29, 1.82) is 0 Å². The van der Waals surface area contributed by atoms with Gasteiger partial charge < -0.3 is 10.1 Å². The molecule has 0 radical (unpaired) electrons. The van der Waals surface area contributed by atoms with Gasteiger partial charge >= 0.3 is 0 Å². The minimum Gasteiger partial charge on any atom is -0.497 e. The molecule has 4 heteroatoms. The van der Waals surface area contributed by atoms with Gasteiger partial charge in [0.2, 0.25) is 0 Å². The summed E-state index contributed by atoms with van der Waals surface area (Å²) in [6.07, 6.45) is 3.43. The van der Waals surface area contributed by atoms with Crippen LogP contribution in [-0.2, 0) is 0 Å². The van der Waals surface area contributed by atoms with E-state index in [-0.39, 0.29) is 5.91 Å². The van der Waals surface area contributed by atoms with Crippen molar-refractivity contribution in [1.82, 2.24) is 5.32 Å². The molecule has 0 aliphatic rings. The lowest BCUT2D eigenvalue weighted by Gasteiger charge is -2.06. The van der Waals surface area contributed by atoms with Gasteiger partial charge in [-0.1, -0.05) is 35.1 Å². The number of methoxy groups -OCH3 is 1. The lowest BCUT2D eigenvalue weighted by Crippen LogP contribution is -2.24. The molecule has 0 spiro atoms. The van der Waals surface area contributed by atoms with E-state index in [0.717, 1.165) is 13.0 Å². The quantitative estimate of drug-likeness (QED) is 0.468. The molecule has 3 nitrogen and oxygen atoms in total. The number of halogens is 1. The van der Waals surface area contributed by atoms with Crippen LogP contribution in [0.15, 0.2) is 24.3 Å². The Labute approximate surface area is 116 Å². The average Bonchev–Trinajstić information content (AvgIpc) is 2.38. The predicted molar refractivity (Wildman–Crippen MR) is 78.1 cm³/mol. The van der Waals surface area contributed by atoms with Gasteiger partial charge in [0.25, 0.3) is 5.91 Å². The van der Waals surface area contributed by atoms with Crippen LogP contribution >= 0.6 is 22.6 Å². The Hall–Kier alpha value is -0.780. The molecule has 0 fully saturated rings. The van der Waals surface area contributed by atoms with Crippen LogP contribution < -0.4 is 10.1 Å². The highest BCUT2D eigenvalue weighted by Crippen LogP contribution is 2.12. The van der Waals surface area contributed by atoms with Crippen LogP contribution in [0.25, 0.3) is 0 Å². The summed E-state index contributed by atoms with van der Waals surface area (Å²) in [5.41, 5.74) is 0.651. The van der Waals surface area contributed by atoms with Crippen molar-refractivity contribution in [2.24, 2.45) is 0 Å². The first-order chi connectivity index (χ1) is 8.27. The number of unbranched alkanes of at least 4 members (excludes halogenated alkanes) is 2. The lowest BCUT2D eigenvalue weighted by atomic mass is 10.2. The van der Waals surface area contributed by atoms with E-state index >= 15 is 0 Å². The Morgan fingerprint density at radius 2 is 2.18 bits per heavy atom. The molecule has 0 heterocycles. The summed E-state index contributed by atoms with van der Waals surface area (Å²) in [6.45, 7) is 0.743. The Morgan fingerprint density at radius 3 is 2.88 bits per heavy atom. The first-order valence-electron chi connectivity index (χ1n) is 5.76. The number of alkyl halides is 1. The van der Waals surface area contributed by atoms with Gasteiger partial charge in [-0.2, -0.15) is 0 Å². The molecule has 0 aliphatic heterocycles. The van der Waals surface area contributed by atoms with Crippen molar-refractivity contribution in [3.63, 3.8) is 0 Å². The van der Waals surface area contributed by atoms with E-state index in [0.29, 0.717) is 11.3 Å². The molecule has 1 aromatic carbocycles. The first kappa shape index (κ1) is 14.3. The third-order valence-corrected chi connectivity index (χ3v) is 3.19. The highest BCUT2D eigenvalue weighted by atomic mass is 127. The fraction of sp³-hybridized carbons (Fsp3) is 0.462. The summed E-state index contributed by atoms with van der Waals surface area (Å²) in [6, 6.07) is 7.20. The van der Waals surface area contributed by atoms with E-state index in [4.69, 9.17) is 4.74 Å². The zero-order valence-corrected chi connectivity index (χ0v) is 12.2. The molecule has 1 N–H and O–H groups in total. The van der Waals surface area contributed by atoms with Gasteiger partial charge in [0.15, 0.2) is 0 Å². The molecule has 0 bridgehead atoms. The standard InChI is InChI=1S/C13H18INO2/c1-17-12-7-5-6-11(10-12)13(16)15-9-4-2-3-8-14/h5-7,10H,2-4,8-9H2,1H3,(H,15,16). The van der Waals surface area contributed by atoms with E-state index in [2.05, 4.69) is 27.9 Å². The number of benzene rings is 1. The van der Waals surface area contributed by atoms with Gasteiger partial charge in [0.05, 0.1) is 7.11 Å². The van der Waals surface area contributed by atoms with Crippen molar-refractivity contribution >= 4 is 28.5 Å². The topological polar surface area (TPSA) is 38.3 Å². The summed E-state index contributed by atoms with van der Waals surface area (Å²) in [5, 5.41) is 2.91. The van der Waals surface area contributed by atoms with Crippen LogP contribution in [0.3, 0.4) is 0 Å². The van der Waals surface area contributed by atoms with Gasteiger partial charge in [0.1, 0.15) is 5.75 Å². The average molecular weight is 347 g/mol. The summed E-state index contributed by atoms with van der Waals surface area (Å²) < 4.78 is 6.26. The van der Waals surface area contributed by atoms with Crippen LogP contribution in [0, 0.1) is 0 Å². The Bertz CT molecular complexity index is 355. The molecule has 0 saturated carbocycles. The number of ether oxygens (including phenoxy) is 1. The van der Waals surface area contributed by atoms with Crippen LogP contribution in [0.4, 0.5) is 0 Å². The molecule has 0 aliphatic carbocycles. The zero-order chi connectivity index (χ0) is 12.5. The smallest absolute Gasteiger partial charge is 0.251 e. The minimum atomic E-state index is -0.0293. The third-order valence-electron chi connectivity index (χ3n) is 2.43. The molecule has 0 aromatic heterocycles. The third kappa shape index (κ3) is 5.39. The number of carbonyl (C=O) groups is 1. The van der Waals surface area contributed by atoms with Gasteiger partial charge in [-0.25, -0.2) is 0 Å². The Balaban J connectivity index is 2.36. The second-order valence-corrected chi connectivity index (χ2v) is 4.82. The van der Waals surface area contributed by atoms with Gasteiger partial charge in [-0.15, -0.1) is 0 Å². The summed E-state index contributed by atoms with van der Waals surface area (Å²) in [7, 11) is 1.60. The molecular formula is C13H18INO2. The van der Waals surface area contributed by atoms with E-state index in [1.165, 1.54) is 17.3 Å². The second kappa shape index (κ2) is 8.33. The Kier molecular flexibility index (Phi) is 7.00. The fourth-order valence-corrected chi connectivity index (χ4v) is 2.00. The van der Waals surface area contributed by atoms with E-state index in [1.54, 1.807) is 19.2 Å². The molecular weight excluding hydrogens is 329 g/mol. The summed E-state index contributed by atoms with van der Waals surface area (Å²) in [5.74, 6) is 0.681. The normalized spacial score (nSPS) is 10.0. The molecule has 94 valence electrons. The number of carbonyl (C=O) groups excluding carboxylic acids is 1. The van der Waals surface area contributed by atoms with Crippen LogP contribution in [0.2, 0.25) is 0 Å². The number of nitrogens with one attached hydrogen (secondary N) is 1. The maximum absolute atomic E-state index is 11.8. The lowest BCUT2D eigenvalue weighted by molar-refractivity contribution is 0.0952. The van der Waals surface area contributed by atoms with Crippen molar-refractivity contribution in [2.45, 2.75) is 19.3 Å². The molecule has 0 saturated heterocycles. The number of rotatable bonds is 7. The van der Waals surface area contributed by atoms with Gasteiger partial charge in [0, 0.05) is 12.1 Å². The van der Waals surface area contributed by atoms with Crippen LogP contribution in [0.1, 0.15) is 29.6 Å². The van der Waals surface area contributed by atoms with Gasteiger partial charge in [-0.3, -0.25) is 4.79 Å². The van der Waals surface area contributed by atoms with Gasteiger partial charge in [-0.05, 0) is 35.5 Å². The van der Waals surface area contributed by atoms with Crippen molar-refractivity contribution in [2.75, 3.05) is 18.1 Å². The molecule has 0 unspecified atom stereocenters. The van der Waals surface area contributed by atoms with Crippen LogP contribution in [-0.4, -0.2) is 24.0 Å². The maximum atomic E-state index is 11.8. The highest BCUT2D eigenvalue weighted by Gasteiger charge is 2.05. The number of hydrogen-bond acceptors (Lipinski definition) is 2. The molecule has 1 aromatic rings. The van der Waals surface area contributed by atoms with Crippen molar-refractivity contribution in [3.8, 4) is 5.75 Å². The first-order valence-corrected chi connectivity index (χ1v) is 7.28. The predicted octanol–water partition coefficient (Wildman–Crippen LogP) is 3.03. The van der Waals surface area contributed by atoms with E-state index in [9.17, 15) is 4.79 Å².